The summed E-state index contributed by atoms with van der Waals surface area (Å²) in [5.41, 5.74) is 5.33. The van der Waals surface area contributed by atoms with E-state index < -0.39 is 0 Å². The Balaban J connectivity index is 0.00000261. The van der Waals surface area contributed by atoms with Gasteiger partial charge in [0.1, 0.15) is 5.82 Å². The summed E-state index contributed by atoms with van der Waals surface area (Å²) in [5, 5.41) is 10.4. The van der Waals surface area contributed by atoms with Crippen LogP contribution in [-0.2, 0) is 11.2 Å². The topological polar surface area (TPSA) is 125 Å². The fourth-order valence-corrected chi connectivity index (χ4v) is 3.26. The highest BCUT2D eigenvalue weighted by Gasteiger charge is 2.23. The molecule has 3 rings (SSSR count). The van der Waals surface area contributed by atoms with Gasteiger partial charge in [0, 0.05) is 39.5 Å². The first kappa shape index (κ1) is 21.2. The van der Waals surface area contributed by atoms with Crippen molar-refractivity contribution in [2.45, 2.75) is 25.7 Å². The van der Waals surface area contributed by atoms with Crippen molar-refractivity contribution in [3.63, 3.8) is 0 Å². The number of carbonyl (C=O) groups is 1. The molecule has 148 valence electrons. The number of amides is 1. The number of aromatic amines is 1. The molecule has 27 heavy (non-hydrogen) atoms. The van der Waals surface area contributed by atoms with Gasteiger partial charge in [-0.25, -0.2) is 4.98 Å². The molecule has 1 saturated heterocycles. The largest absolute Gasteiger partial charge is 0.461 e. The molecule has 2 aromatic rings. The summed E-state index contributed by atoms with van der Waals surface area (Å²) in [6.45, 7) is 2.41. The Morgan fingerprint density at radius 3 is 3.11 bits per heavy atom. The summed E-state index contributed by atoms with van der Waals surface area (Å²) in [7, 11) is 1.77. The summed E-state index contributed by atoms with van der Waals surface area (Å²) in [6, 6.07) is 3.63. The Morgan fingerprint density at radius 2 is 2.41 bits per heavy atom. The Bertz CT molecular complexity index is 744. The number of H-pyrrole nitrogens is 1. The fourth-order valence-electron chi connectivity index (χ4n) is 3.26. The molecule has 0 aromatic carbocycles. The van der Waals surface area contributed by atoms with Crippen LogP contribution in [0.3, 0.4) is 0 Å². The van der Waals surface area contributed by atoms with Gasteiger partial charge < -0.3 is 20.4 Å². The molecule has 1 aliphatic rings. The minimum absolute atomic E-state index is 0. The lowest BCUT2D eigenvalue weighted by Gasteiger charge is -2.34. The number of hydrogen-bond donors (Lipinski definition) is 3. The van der Waals surface area contributed by atoms with Crippen LogP contribution >= 0.6 is 24.0 Å². The van der Waals surface area contributed by atoms with Gasteiger partial charge in [-0.15, -0.1) is 24.0 Å². The lowest BCUT2D eigenvalue weighted by molar-refractivity contribution is -0.119. The monoisotopic (exact) mass is 487 g/mol. The van der Waals surface area contributed by atoms with Crippen LogP contribution in [0.2, 0.25) is 0 Å². The van der Waals surface area contributed by atoms with E-state index in [9.17, 15) is 4.79 Å². The zero-order valence-electron chi connectivity index (χ0n) is 15.4. The minimum Gasteiger partial charge on any atom is -0.461 e. The van der Waals surface area contributed by atoms with E-state index in [2.05, 4.69) is 30.4 Å². The van der Waals surface area contributed by atoms with E-state index in [0.29, 0.717) is 36.9 Å². The zero-order valence-corrected chi connectivity index (χ0v) is 17.7. The number of guanidine groups is 1. The van der Waals surface area contributed by atoms with Crippen molar-refractivity contribution in [3.05, 3.63) is 24.2 Å². The number of aromatic nitrogens is 3. The highest BCUT2D eigenvalue weighted by molar-refractivity contribution is 14.0. The number of halogens is 1. The third-order valence-corrected chi connectivity index (χ3v) is 4.44. The molecule has 1 fully saturated rings. The van der Waals surface area contributed by atoms with Gasteiger partial charge in [-0.3, -0.25) is 14.9 Å². The second kappa shape index (κ2) is 10.3. The summed E-state index contributed by atoms with van der Waals surface area (Å²) < 4.78 is 5.29. The number of rotatable bonds is 6. The zero-order chi connectivity index (χ0) is 18.4. The van der Waals surface area contributed by atoms with Crippen molar-refractivity contribution < 1.29 is 9.21 Å². The highest BCUT2D eigenvalue weighted by atomic mass is 127. The van der Waals surface area contributed by atoms with Crippen molar-refractivity contribution in [2.75, 3.05) is 26.7 Å². The van der Waals surface area contributed by atoms with Gasteiger partial charge in [0.15, 0.2) is 11.7 Å². The first-order valence-electron chi connectivity index (χ1n) is 8.84. The highest BCUT2D eigenvalue weighted by Crippen LogP contribution is 2.19. The first-order valence-corrected chi connectivity index (χ1v) is 8.84. The van der Waals surface area contributed by atoms with Gasteiger partial charge in [-0.1, -0.05) is 0 Å². The van der Waals surface area contributed by atoms with Gasteiger partial charge >= 0.3 is 0 Å². The number of hydrogen-bond acceptors (Lipinski definition) is 5. The minimum atomic E-state index is -0.238. The van der Waals surface area contributed by atoms with Gasteiger partial charge in [-0.2, -0.15) is 5.10 Å². The van der Waals surface area contributed by atoms with Gasteiger partial charge in [0.25, 0.3) is 0 Å². The molecule has 0 radical (unpaired) electrons. The maximum atomic E-state index is 11.2. The van der Waals surface area contributed by atoms with E-state index in [4.69, 9.17) is 10.2 Å². The second-order valence-electron chi connectivity index (χ2n) is 6.43. The fraction of sp³-hybridized carbons (Fsp3) is 0.529. The molecule has 3 heterocycles. The molecule has 4 N–H and O–H groups in total. The quantitative estimate of drug-likeness (QED) is 0.321. The van der Waals surface area contributed by atoms with E-state index in [1.165, 1.54) is 0 Å². The van der Waals surface area contributed by atoms with Crippen molar-refractivity contribution in [3.8, 4) is 11.6 Å². The summed E-state index contributed by atoms with van der Waals surface area (Å²) in [4.78, 5) is 22.1. The lowest BCUT2D eigenvalue weighted by atomic mass is 9.95. The second-order valence-corrected chi connectivity index (χ2v) is 6.43. The summed E-state index contributed by atoms with van der Waals surface area (Å²) in [6.07, 6.45) is 4.78. The molecule has 1 atom stereocenters. The maximum absolute atomic E-state index is 11.2. The summed E-state index contributed by atoms with van der Waals surface area (Å²) >= 11 is 0. The van der Waals surface area contributed by atoms with Gasteiger partial charge in [0.2, 0.25) is 11.7 Å². The number of piperidine rings is 1. The third-order valence-electron chi connectivity index (χ3n) is 4.44. The van der Waals surface area contributed by atoms with Crippen LogP contribution < -0.4 is 11.1 Å². The van der Waals surface area contributed by atoms with Crippen LogP contribution in [0.5, 0.6) is 0 Å². The SMILES string of the molecule is CN=C(NCCc1nc(-c2ccco2)n[nH]1)N1CCCC(CC(N)=O)C1.I. The number of nitrogens with zero attached hydrogens (tertiary/aromatic N) is 4. The van der Waals surface area contributed by atoms with Crippen molar-refractivity contribution in [1.82, 2.24) is 25.4 Å². The Morgan fingerprint density at radius 1 is 1.56 bits per heavy atom. The van der Waals surface area contributed by atoms with Crippen LogP contribution in [0, 0.1) is 5.92 Å². The predicted molar refractivity (Wildman–Crippen MR) is 113 cm³/mol. The number of primary amides is 1. The third kappa shape index (κ3) is 5.94. The van der Waals surface area contributed by atoms with Crippen molar-refractivity contribution in [2.24, 2.45) is 16.6 Å². The molecule has 9 nitrogen and oxygen atoms in total. The number of furan rings is 1. The van der Waals surface area contributed by atoms with Crippen molar-refractivity contribution >= 4 is 35.8 Å². The van der Waals surface area contributed by atoms with Crippen molar-refractivity contribution in [1.29, 1.82) is 0 Å². The molecule has 2 aromatic heterocycles. The smallest absolute Gasteiger partial charge is 0.217 e. The standard InChI is InChI=1S/C17H25N7O2.HI/c1-19-17(24-8-2-4-12(11-24)10-14(18)25)20-7-6-15-21-16(23-22-15)13-5-3-9-26-13;/h3,5,9,12H,2,4,6-8,10-11H2,1H3,(H2,18,25)(H,19,20)(H,21,22,23);1H. The van der Waals surface area contributed by atoms with Crippen LogP contribution in [0.15, 0.2) is 27.8 Å². The molecular weight excluding hydrogens is 461 g/mol. The van der Waals surface area contributed by atoms with Gasteiger partial charge in [-0.05, 0) is 30.9 Å². The average Bonchev–Trinajstić information content (AvgIpc) is 3.30. The number of aliphatic imine (C=N–C) groups is 1. The maximum Gasteiger partial charge on any atom is 0.217 e. The van der Waals surface area contributed by atoms with E-state index >= 15 is 0 Å². The number of likely N-dealkylation sites (tertiary alicyclic amines) is 1. The molecule has 0 spiro atoms. The Labute approximate surface area is 175 Å². The molecule has 0 aliphatic carbocycles. The molecule has 1 aliphatic heterocycles. The van der Waals surface area contributed by atoms with Crippen LogP contribution in [0.25, 0.3) is 11.6 Å². The first-order chi connectivity index (χ1) is 12.7. The van der Waals surface area contributed by atoms with E-state index in [-0.39, 0.29) is 29.9 Å². The number of carbonyl (C=O) groups excluding carboxylic acids is 1. The molecule has 0 bridgehead atoms. The number of nitrogens with one attached hydrogen (secondary N) is 2. The van der Waals surface area contributed by atoms with E-state index in [0.717, 1.165) is 37.7 Å². The molecule has 1 amide bonds. The molecule has 10 heteroatoms. The molecular formula is C17H26IN7O2. The normalized spacial score (nSPS) is 17.4. The Hall–Kier alpha value is -2.11. The average molecular weight is 487 g/mol. The van der Waals surface area contributed by atoms with Crippen LogP contribution in [0.4, 0.5) is 0 Å². The van der Waals surface area contributed by atoms with Gasteiger partial charge in [0.05, 0.1) is 6.26 Å². The predicted octanol–water partition coefficient (Wildman–Crippen LogP) is 1.39. The van der Waals surface area contributed by atoms with Crippen LogP contribution in [-0.4, -0.2) is 58.6 Å². The van der Waals surface area contributed by atoms with E-state index in [1.807, 2.05) is 6.07 Å². The number of nitrogens with two attached hydrogens (primary N) is 1. The van der Waals surface area contributed by atoms with E-state index in [1.54, 1.807) is 19.4 Å². The molecule has 1 unspecified atom stereocenters. The van der Waals surface area contributed by atoms with Crippen LogP contribution in [0.1, 0.15) is 25.1 Å². The lowest BCUT2D eigenvalue weighted by Crippen LogP contribution is -2.47. The molecule has 0 saturated carbocycles. The Kier molecular flexibility index (Phi) is 8.07. The summed E-state index contributed by atoms with van der Waals surface area (Å²) in [5.74, 6) is 2.88.